The first kappa shape index (κ1) is 13.9. The third kappa shape index (κ3) is 2.47. The van der Waals surface area contributed by atoms with Crippen LogP contribution in [-0.4, -0.2) is 35.6 Å². The summed E-state index contributed by atoms with van der Waals surface area (Å²) in [7, 11) is 0. The van der Waals surface area contributed by atoms with Gasteiger partial charge < -0.3 is 5.32 Å². The molecule has 3 fully saturated rings. The average Bonchev–Trinajstić information content (AvgIpc) is 3.19. The van der Waals surface area contributed by atoms with E-state index < -0.39 is 0 Å². The Labute approximate surface area is 119 Å². The molecule has 2 saturated carbocycles. The van der Waals surface area contributed by atoms with Crippen molar-refractivity contribution in [1.29, 1.82) is 0 Å². The molecule has 110 valence electrons. The maximum Gasteiger partial charge on any atom is 0.0309 e. The highest BCUT2D eigenvalue weighted by Crippen LogP contribution is 2.44. The summed E-state index contributed by atoms with van der Waals surface area (Å²) in [5.41, 5.74) is 0.400. The lowest BCUT2D eigenvalue weighted by Crippen LogP contribution is -2.66. The molecule has 1 saturated heterocycles. The van der Waals surface area contributed by atoms with E-state index in [9.17, 15) is 0 Å². The molecule has 0 amide bonds. The number of rotatable bonds is 3. The van der Waals surface area contributed by atoms with Crippen LogP contribution < -0.4 is 5.32 Å². The molecule has 0 aromatic heterocycles. The Balaban J connectivity index is 1.75. The molecular weight excluding hydrogens is 232 g/mol. The van der Waals surface area contributed by atoms with E-state index in [1.54, 1.807) is 0 Å². The highest BCUT2D eigenvalue weighted by Gasteiger charge is 2.48. The van der Waals surface area contributed by atoms with Crippen molar-refractivity contribution >= 4 is 0 Å². The molecule has 0 aromatic rings. The van der Waals surface area contributed by atoms with Gasteiger partial charge in [-0.1, -0.05) is 20.8 Å². The van der Waals surface area contributed by atoms with Crippen LogP contribution in [-0.2, 0) is 0 Å². The van der Waals surface area contributed by atoms with Gasteiger partial charge in [-0.25, -0.2) is 0 Å². The summed E-state index contributed by atoms with van der Waals surface area (Å²) in [6.45, 7) is 12.3. The fourth-order valence-electron chi connectivity index (χ4n) is 4.60. The smallest absolute Gasteiger partial charge is 0.0309 e. The number of hydrogen-bond donors (Lipinski definition) is 1. The van der Waals surface area contributed by atoms with Crippen LogP contribution in [0.4, 0.5) is 0 Å². The molecule has 1 aliphatic heterocycles. The van der Waals surface area contributed by atoms with Crippen molar-refractivity contribution in [1.82, 2.24) is 10.2 Å². The van der Waals surface area contributed by atoms with E-state index in [-0.39, 0.29) is 0 Å². The van der Waals surface area contributed by atoms with E-state index in [4.69, 9.17) is 0 Å². The normalized spacial score (nSPS) is 48.6. The summed E-state index contributed by atoms with van der Waals surface area (Å²) in [5.74, 6) is 2.75. The van der Waals surface area contributed by atoms with E-state index >= 15 is 0 Å². The number of nitrogens with one attached hydrogen (secondary N) is 1. The number of piperazine rings is 1. The Kier molecular flexibility index (Phi) is 3.68. The van der Waals surface area contributed by atoms with Gasteiger partial charge in [0.2, 0.25) is 0 Å². The summed E-state index contributed by atoms with van der Waals surface area (Å²) in [6.07, 6.45) is 7.06. The van der Waals surface area contributed by atoms with E-state index in [2.05, 4.69) is 37.9 Å². The molecule has 0 bridgehead atoms. The fourth-order valence-corrected chi connectivity index (χ4v) is 4.60. The second kappa shape index (κ2) is 5.04. The lowest BCUT2D eigenvalue weighted by Gasteiger charge is -2.50. The largest absolute Gasteiger partial charge is 0.308 e. The third-order valence-corrected chi connectivity index (χ3v) is 6.52. The van der Waals surface area contributed by atoms with Gasteiger partial charge in [-0.2, -0.15) is 0 Å². The standard InChI is InChI=1S/C17H32N2/c1-5-15-10-18-17(4,14-7-8-14)11-19(15)16-9-6-12(2)13(16)3/h12-16,18H,5-11H2,1-4H3. The van der Waals surface area contributed by atoms with Gasteiger partial charge >= 0.3 is 0 Å². The summed E-state index contributed by atoms with van der Waals surface area (Å²) in [4.78, 5) is 2.91. The Bertz CT molecular complexity index is 325. The van der Waals surface area contributed by atoms with Crippen molar-refractivity contribution in [2.24, 2.45) is 17.8 Å². The molecular formula is C17H32N2. The summed E-state index contributed by atoms with van der Waals surface area (Å²) in [5, 5.41) is 3.90. The molecule has 2 aliphatic carbocycles. The molecule has 0 aromatic carbocycles. The van der Waals surface area contributed by atoms with E-state index in [1.807, 2.05) is 0 Å². The zero-order valence-electron chi connectivity index (χ0n) is 13.3. The topological polar surface area (TPSA) is 15.3 Å². The minimum Gasteiger partial charge on any atom is -0.308 e. The van der Waals surface area contributed by atoms with Crippen LogP contribution in [0.25, 0.3) is 0 Å². The van der Waals surface area contributed by atoms with E-state index in [0.717, 1.165) is 29.8 Å². The molecule has 2 heteroatoms. The van der Waals surface area contributed by atoms with Crippen LogP contribution in [0.15, 0.2) is 0 Å². The van der Waals surface area contributed by atoms with Crippen LogP contribution in [0.2, 0.25) is 0 Å². The highest BCUT2D eigenvalue weighted by molar-refractivity contribution is 5.06. The Morgan fingerprint density at radius 1 is 1.16 bits per heavy atom. The van der Waals surface area contributed by atoms with Gasteiger partial charge in [0.15, 0.2) is 0 Å². The summed E-state index contributed by atoms with van der Waals surface area (Å²) < 4.78 is 0. The minimum absolute atomic E-state index is 0.400. The monoisotopic (exact) mass is 264 g/mol. The Hall–Kier alpha value is -0.0800. The molecule has 0 radical (unpaired) electrons. The van der Waals surface area contributed by atoms with Crippen molar-refractivity contribution in [3.8, 4) is 0 Å². The fraction of sp³-hybridized carbons (Fsp3) is 1.00. The molecule has 0 spiro atoms. The lowest BCUT2D eigenvalue weighted by atomic mass is 9.87. The highest BCUT2D eigenvalue weighted by atomic mass is 15.3. The third-order valence-electron chi connectivity index (χ3n) is 6.52. The quantitative estimate of drug-likeness (QED) is 0.841. The molecule has 3 aliphatic rings. The van der Waals surface area contributed by atoms with Crippen LogP contribution >= 0.6 is 0 Å². The molecule has 5 unspecified atom stereocenters. The van der Waals surface area contributed by atoms with Crippen LogP contribution in [0, 0.1) is 17.8 Å². The van der Waals surface area contributed by atoms with Gasteiger partial charge in [0, 0.05) is 30.7 Å². The average molecular weight is 264 g/mol. The summed E-state index contributed by atoms with van der Waals surface area (Å²) in [6, 6.07) is 1.62. The van der Waals surface area contributed by atoms with Crippen molar-refractivity contribution in [3.05, 3.63) is 0 Å². The molecule has 19 heavy (non-hydrogen) atoms. The van der Waals surface area contributed by atoms with E-state index in [0.29, 0.717) is 5.54 Å². The first-order valence-electron chi connectivity index (χ1n) is 8.56. The Morgan fingerprint density at radius 2 is 1.89 bits per heavy atom. The van der Waals surface area contributed by atoms with Gasteiger partial charge in [-0.3, -0.25) is 4.90 Å². The first-order valence-corrected chi connectivity index (χ1v) is 8.56. The van der Waals surface area contributed by atoms with Crippen LogP contribution in [0.1, 0.15) is 59.8 Å². The second-order valence-corrected chi connectivity index (χ2v) is 7.79. The SMILES string of the molecule is CCC1CNC(C)(C2CC2)CN1C1CCC(C)C1C. The summed E-state index contributed by atoms with van der Waals surface area (Å²) >= 11 is 0. The molecule has 5 atom stereocenters. The lowest BCUT2D eigenvalue weighted by molar-refractivity contribution is 0.0222. The van der Waals surface area contributed by atoms with Crippen molar-refractivity contribution < 1.29 is 0 Å². The predicted molar refractivity (Wildman–Crippen MR) is 81.3 cm³/mol. The maximum absolute atomic E-state index is 3.90. The van der Waals surface area contributed by atoms with Crippen LogP contribution in [0.3, 0.4) is 0 Å². The van der Waals surface area contributed by atoms with Gasteiger partial charge in [0.1, 0.15) is 0 Å². The zero-order chi connectivity index (χ0) is 13.6. The van der Waals surface area contributed by atoms with Gasteiger partial charge in [-0.15, -0.1) is 0 Å². The van der Waals surface area contributed by atoms with Crippen molar-refractivity contribution in [2.45, 2.75) is 77.4 Å². The second-order valence-electron chi connectivity index (χ2n) is 7.79. The van der Waals surface area contributed by atoms with Crippen LogP contribution in [0.5, 0.6) is 0 Å². The molecule has 2 nitrogen and oxygen atoms in total. The predicted octanol–water partition coefficient (Wildman–Crippen LogP) is 3.27. The number of nitrogens with zero attached hydrogens (tertiary/aromatic N) is 1. The molecule has 1 N–H and O–H groups in total. The minimum atomic E-state index is 0.400. The van der Waals surface area contributed by atoms with Crippen molar-refractivity contribution in [3.63, 3.8) is 0 Å². The van der Waals surface area contributed by atoms with Gasteiger partial charge in [0.05, 0.1) is 0 Å². The first-order chi connectivity index (χ1) is 9.05. The zero-order valence-corrected chi connectivity index (χ0v) is 13.3. The van der Waals surface area contributed by atoms with Gasteiger partial charge in [0.25, 0.3) is 0 Å². The van der Waals surface area contributed by atoms with Gasteiger partial charge in [-0.05, 0) is 56.8 Å². The van der Waals surface area contributed by atoms with E-state index in [1.165, 1.54) is 45.2 Å². The molecule has 3 rings (SSSR count). The van der Waals surface area contributed by atoms with Crippen molar-refractivity contribution in [2.75, 3.05) is 13.1 Å². The Morgan fingerprint density at radius 3 is 2.42 bits per heavy atom. The number of hydrogen-bond acceptors (Lipinski definition) is 2. The maximum atomic E-state index is 3.90. The molecule has 1 heterocycles.